The number of hydrogen-bond donors (Lipinski definition) is 1. The van der Waals surface area contributed by atoms with Gasteiger partial charge in [0.05, 0.1) is 0 Å². The predicted molar refractivity (Wildman–Crippen MR) is 69.6 cm³/mol. The Bertz CT molecular complexity index is 328. The van der Waals surface area contributed by atoms with Crippen LogP contribution < -0.4 is 5.32 Å². The third-order valence-corrected chi connectivity index (χ3v) is 3.46. The smallest absolute Gasteiger partial charge is 0.0320 e. The van der Waals surface area contributed by atoms with Crippen LogP contribution in [-0.4, -0.2) is 6.54 Å². The summed E-state index contributed by atoms with van der Waals surface area (Å²) in [6, 6.07) is 9.48. The van der Waals surface area contributed by atoms with Crippen LogP contribution in [0.4, 0.5) is 0 Å². The van der Waals surface area contributed by atoms with E-state index in [-0.39, 0.29) is 0 Å². The average molecular weight is 217 g/mol. The molecule has 1 unspecified atom stereocenters. The van der Waals surface area contributed by atoms with Crippen molar-refractivity contribution in [3.63, 3.8) is 0 Å². The van der Waals surface area contributed by atoms with Gasteiger partial charge in [0.2, 0.25) is 0 Å². The van der Waals surface area contributed by atoms with Crippen LogP contribution in [0.2, 0.25) is 0 Å². The van der Waals surface area contributed by atoms with Gasteiger partial charge < -0.3 is 5.32 Å². The standard InChI is InChI=1S/C15H23N/c1-3-16-15(10-9-13-7-8-13)14-6-4-5-12(2)11-14/h4-6,11,13,15-16H,3,7-10H2,1-2H3. The van der Waals surface area contributed by atoms with E-state index in [1.165, 1.54) is 36.8 Å². The van der Waals surface area contributed by atoms with Gasteiger partial charge in [-0.3, -0.25) is 0 Å². The molecule has 0 aliphatic heterocycles. The zero-order chi connectivity index (χ0) is 11.4. The second-order valence-electron chi connectivity index (χ2n) is 5.05. The van der Waals surface area contributed by atoms with Gasteiger partial charge in [0, 0.05) is 6.04 Å². The number of aryl methyl sites for hydroxylation is 1. The maximum Gasteiger partial charge on any atom is 0.0320 e. The topological polar surface area (TPSA) is 12.0 Å². The normalized spacial score (nSPS) is 17.4. The Morgan fingerprint density at radius 2 is 2.19 bits per heavy atom. The third kappa shape index (κ3) is 3.34. The Labute approximate surface area is 99.3 Å². The zero-order valence-electron chi connectivity index (χ0n) is 10.5. The minimum absolute atomic E-state index is 0.561. The molecule has 1 N–H and O–H groups in total. The van der Waals surface area contributed by atoms with E-state index in [0.717, 1.165) is 12.5 Å². The average Bonchev–Trinajstić information content (AvgIpc) is 3.08. The Balaban J connectivity index is 1.98. The van der Waals surface area contributed by atoms with Gasteiger partial charge in [-0.2, -0.15) is 0 Å². The van der Waals surface area contributed by atoms with Gasteiger partial charge >= 0.3 is 0 Å². The largest absolute Gasteiger partial charge is 0.310 e. The van der Waals surface area contributed by atoms with Gasteiger partial charge in [-0.15, -0.1) is 0 Å². The molecule has 1 saturated carbocycles. The second kappa shape index (κ2) is 5.49. The van der Waals surface area contributed by atoms with Crippen molar-refractivity contribution in [2.24, 2.45) is 5.92 Å². The molecule has 1 fully saturated rings. The first-order valence-electron chi connectivity index (χ1n) is 6.59. The third-order valence-electron chi connectivity index (χ3n) is 3.46. The first-order chi connectivity index (χ1) is 7.79. The molecule has 88 valence electrons. The van der Waals surface area contributed by atoms with E-state index in [9.17, 15) is 0 Å². The molecule has 0 saturated heterocycles. The first kappa shape index (κ1) is 11.7. The van der Waals surface area contributed by atoms with Crippen molar-refractivity contribution >= 4 is 0 Å². The van der Waals surface area contributed by atoms with Gasteiger partial charge in [-0.05, 0) is 37.8 Å². The fourth-order valence-electron chi connectivity index (χ4n) is 2.33. The van der Waals surface area contributed by atoms with Crippen molar-refractivity contribution in [1.82, 2.24) is 5.32 Å². The summed E-state index contributed by atoms with van der Waals surface area (Å²) in [6.45, 7) is 5.43. The second-order valence-corrected chi connectivity index (χ2v) is 5.05. The van der Waals surface area contributed by atoms with Crippen LogP contribution in [0.5, 0.6) is 0 Å². The molecule has 1 aliphatic carbocycles. The first-order valence-corrected chi connectivity index (χ1v) is 6.59. The van der Waals surface area contributed by atoms with Crippen LogP contribution in [0.1, 0.15) is 49.8 Å². The van der Waals surface area contributed by atoms with E-state index in [4.69, 9.17) is 0 Å². The molecular formula is C15H23N. The van der Waals surface area contributed by atoms with Crippen molar-refractivity contribution in [2.75, 3.05) is 6.54 Å². The zero-order valence-corrected chi connectivity index (χ0v) is 10.5. The van der Waals surface area contributed by atoms with Crippen molar-refractivity contribution < 1.29 is 0 Å². The quantitative estimate of drug-likeness (QED) is 0.763. The summed E-state index contributed by atoms with van der Waals surface area (Å²) in [5, 5.41) is 3.61. The van der Waals surface area contributed by atoms with Gasteiger partial charge in [0.25, 0.3) is 0 Å². The molecule has 2 rings (SSSR count). The van der Waals surface area contributed by atoms with Crippen molar-refractivity contribution in [2.45, 2.75) is 45.6 Å². The highest BCUT2D eigenvalue weighted by atomic mass is 14.9. The minimum Gasteiger partial charge on any atom is -0.310 e. The van der Waals surface area contributed by atoms with Gasteiger partial charge in [-0.1, -0.05) is 49.6 Å². The van der Waals surface area contributed by atoms with Gasteiger partial charge in [0.15, 0.2) is 0 Å². The highest BCUT2D eigenvalue weighted by molar-refractivity contribution is 5.25. The van der Waals surface area contributed by atoms with E-state index in [1.807, 2.05) is 0 Å². The van der Waals surface area contributed by atoms with Crippen LogP contribution in [-0.2, 0) is 0 Å². The molecule has 0 heterocycles. The van der Waals surface area contributed by atoms with Crippen LogP contribution in [0.3, 0.4) is 0 Å². The molecule has 1 aliphatic rings. The summed E-state index contributed by atoms with van der Waals surface area (Å²) in [5.74, 6) is 1.03. The molecule has 1 heteroatoms. The minimum atomic E-state index is 0.561. The lowest BCUT2D eigenvalue weighted by Gasteiger charge is -2.18. The van der Waals surface area contributed by atoms with Crippen molar-refractivity contribution in [1.29, 1.82) is 0 Å². The fraction of sp³-hybridized carbons (Fsp3) is 0.600. The number of rotatable bonds is 6. The molecule has 0 aromatic heterocycles. The maximum absolute atomic E-state index is 3.61. The molecular weight excluding hydrogens is 194 g/mol. The Hall–Kier alpha value is -0.820. The van der Waals surface area contributed by atoms with Crippen LogP contribution in [0.25, 0.3) is 0 Å². The van der Waals surface area contributed by atoms with E-state index in [2.05, 4.69) is 43.4 Å². The monoisotopic (exact) mass is 217 g/mol. The van der Waals surface area contributed by atoms with E-state index in [1.54, 1.807) is 0 Å². The summed E-state index contributed by atoms with van der Waals surface area (Å²) in [6.07, 6.45) is 5.62. The molecule has 0 bridgehead atoms. The van der Waals surface area contributed by atoms with Crippen LogP contribution >= 0.6 is 0 Å². The molecule has 0 spiro atoms. The van der Waals surface area contributed by atoms with Crippen LogP contribution in [0.15, 0.2) is 24.3 Å². The fourth-order valence-corrected chi connectivity index (χ4v) is 2.33. The molecule has 1 aromatic carbocycles. The van der Waals surface area contributed by atoms with E-state index < -0.39 is 0 Å². The Morgan fingerprint density at radius 1 is 1.38 bits per heavy atom. The molecule has 1 atom stereocenters. The summed E-state index contributed by atoms with van der Waals surface area (Å²) in [4.78, 5) is 0. The molecule has 1 nitrogen and oxygen atoms in total. The highest BCUT2D eigenvalue weighted by Crippen LogP contribution is 2.35. The lowest BCUT2D eigenvalue weighted by Crippen LogP contribution is -2.21. The van der Waals surface area contributed by atoms with Gasteiger partial charge in [0.1, 0.15) is 0 Å². The predicted octanol–water partition coefficient (Wildman–Crippen LogP) is 3.84. The Morgan fingerprint density at radius 3 is 2.81 bits per heavy atom. The maximum atomic E-state index is 3.61. The molecule has 0 amide bonds. The molecule has 16 heavy (non-hydrogen) atoms. The summed E-state index contributed by atoms with van der Waals surface area (Å²) in [7, 11) is 0. The van der Waals surface area contributed by atoms with E-state index in [0.29, 0.717) is 6.04 Å². The SMILES string of the molecule is CCNC(CCC1CC1)c1cccc(C)c1. The highest BCUT2D eigenvalue weighted by Gasteiger charge is 2.22. The molecule has 0 radical (unpaired) electrons. The summed E-state index contributed by atoms with van der Waals surface area (Å²) < 4.78 is 0. The van der Waals surface area contributed by atoms with Crippen LogP contribution in [0, 0.1) is 12.8 Å². The summed E-state index contributed by atoms with van der Waals surface area (Å²) in [5.41, 5.74) is 2.83. The number of hydrogen-bond acceptors (Lipinski definition) is 1. The number of benzene rings is 1. The summed E-state index contributed by atoms with van der Waals surface area (Å²) >= 11 is 0. The van der Waals surface area contributed by atoms with Gasteiger partial charge in [-0.25, -0.2) is 0 Å². The Kier molecular flexibility index (Phi) is 4.00. The lowest BCUT2D eigenvalue weighted by molar-refractivity contribution is 0.481. The molecule has 1 aromatic rings. The number of nitrogens with one attached hydrogen (secondary N) is 1. The van der Waals surface area contributed by atoms with E-state index >= 15 is 0 Å². The van der Waals surface area contributed by atoms with Crippen molar-refractivity contribution in [3.05, 3.63) is 35.4 Å². The van der Waals surface area contributed by atoms with Crippen molar-refractivity contribution in [3.8, 4) is 0 Å². The lowest BCUT2D eigenvalue weighted by atomic mass is 9.99.